The first-order valence-electron chi connectivity index (χ1n) is 4.74. The Morgan fingerprint density at radius 1 is 1.31 bits per heavy atom. The van der Waals surface area contributed by atoms with E-state index in [-0.39, 0.29) is 5.41 Å². The van der Waals surface area contributed by atoms with Crippen molar-refractivity contribution in [1.29, 1.82) is 0 Å². The Balaban J connectivity index is 0. The minimum Gasteiger partial charge on any atom is -0.330 e. The first kappa shape index (κ1) is 14.7. The third-order valence-corrected chi connectivity index (χ3v) is 1.81. The summed E-state index contributed by atoms with van der Waals surface area (Å²) in [6, 6.07) is 0. The van der Waals surface area contributed by atoms with Gasteiger partial charge in [0.15, 0.2) is 0 Å². The largest absolute Gasteiger partial charge is 0.330 e. The van der Waals surface area contributed by atoms with Gasteiger partial charge in [0.1, 0.15) is 0 Å². The summed E-state index contributed by atoms with van der Waals surface area (Å²) in [6.07, 6.45) is 5.53. The summed E-state index contributed by atoms with van der Waals surface area (Å²) in [5.41, 5.74) is 6.73. The highest BCUT2D eigenvalue weighted by molar-refractivity contribution is 5.27. The quantitative estimate of drug-likeness (QED) is 0.662. The summed E-state index contributed by atoms with van der Waals surface area (Å²) in [4.78, 5) is 0. The summed E-state index contributed by atoms with van der Waals surface area (Å²) in [7, 11) is 0. The highest BCUT2D eigenvalue weighted by Crippen LogP contribution is 2.25. The number of hydrogen-bond acceptors (Lipinski definition) is 1. The number of rotatable bonds is 4. The SMILES string of the molecule is C=C/C=C(\C=C)C(C)(C)CN.CC. The van der Waals surface area contributed by atoms with Crippen LogP contribution in [-0.4, -0.2) is 6.54 Å². The van der Waals surface area contributed by atoms with E-state index >= 15 is 0 Å². The van der Waals surface area contributed by atoms with Gasteiger partial charge in [-0.1, -0.05) is 59.1 Å². The van der Waals surface area contributed by atoms with E-state index in [2.05, 4.69) is 27.0 Å². The van der Waals surface area contributed by atoms with Crippen molar-refractivity contribution in [2.24, 2.45) is 11.1 Å². The lowest BCUT2D eigenvalue weighted by Crippen LogP contribution is -2.24. The maximum Gasteiger partial charge on any atom is 0.00188 e. The molecule has 0 unspecified atom stereocenters. The third-order valence-electron chi connectivity index (χ3n) is 1.81. The molecule has 0 aliphatic rings. The number of allylic oxidation sites excluding steroid dienone is 3. The van der Waals surface area contributed by atoms with Gasteiger partial charge in [-0.2, -0.15) is 0 Å². The summed E-state index contributed by atoms with van der Waals surface area (Å²) >= 11 is 0. The molecule has 0 aliphatic carbocycles. The molecule has 76 valence electrons. The lowest BCUT2D eigenvalue weighted by atomic mass is 9.84. The molecule has 0 saturated heterocycles. The fourth-order valence-electron chi connectivity index (χ4n) is 0.815. The molecule has 0 rings (SSSR count). The van der Waals surface area contributed by atoms with Crippen LogP contribution in [0.1, 0.15) is 27.7 Å². The van der Waals surface area contributed by atoms with Crippen molar-refractivity contribution >= 4 is 0 Å². The zero-order chi connectivity index (χ0) is 10.9. The standard InChI is InChI=1S/C10H17N.C2H6/c1-5-7-9(6-2)10(3,4)8-11;1-2/h5-7H,1-2,8,11H2,3-4H3;1-2H3/b9-7+;. The second-order valence-corrected chi connectivity index (χ2v) is 3.15. The molecule has 0 spiro atoms. The molecule has 0 saturated carbocycles. The van der Waals surface area contributed by atoms with Crippen LogP contribution >= 0.6 is 0 Å². The Hall–Kier alpha value is -0.820. The second-order valence-electron chi connectivity index (χ2n) is 3.15. The molecule has 0 aliphatic heterocycles. The minimum atomic E-state index is 0.00986. The Morgan fingerprint density at radius 2 is 1.77 bits per heavy atom. The van der Waals surface area contributed by atoms with Crippen LogP contribution in [0.25, 0.3) is 0 Å². The third kappa shape index (κ3) is 5.42. The van der Waals surface area contributed by atoms with Crippen LogP contribution in [0, 0.1) is 5.41 Å². The second kappa shape index (κ2) is 7.81. The maximum absolute atomic E-state index is 5.59. The van der Waals surface area contributed by atoms with Gasteiger partial charge in [-0.05, 0) is 5.57 Å². The molecule has 0 bridgehead atoms. The smallest absolute Gasteiger partial charge is 0.00188 e. The predicted molar refractivity (Wildman–Crippen MR) is 62.7 cm³/mol. The predicted octanol–water partition coefficient (Wildman–Crippen LogP) is 3.30. The fraction of sp³-hybridized carbons (Fsp3) is 0.500. The van der Waals surface area contributed by atoms with E-state index in [9.17, 15) is 0 Å². The van der Waals surface area contributed by atoms with Crippen LogP contribution in [0.5, 0.6) is 0 Å². The van der Waals surface area contributed by atoms with Gasteiger partial charge in [0, 0.05) is 12.0 Å². The first-order valence-corrected chi connectivity index (χ1v) is 4.74. The van der Waals surface area contributed by atoms with Crippen LogP contribution < -0.4 is 5.73 Å². The van der Waals surface area contributed by atoms with E-state index in [1.165, 1.54) is 0 Å². The average molecular weight is 181 g/mol. The molecule has 2 N–H and O–H groups in total. The van der Waals surface area contributed by atoms with E-state index in [0.29, 0.717) is 6.54 Å². The van der Waals surface area contributed by atoms with Gasteiger partial charge < -0.3 is 5.73 Å². The molecular formula is C12H23N. The molecule has 0 atom stereocenters. The van der Waals surface area contributed by atoms with Crippen LogP contribution in [0.2, 0.25) is 0 Å². The van der Waals surface area contributed by atoms with Crippen molar-refractivity contribution in [3.05, 3.63) is 37.0 Å². The Bertz CT molecular complexity index is 176. The van der Waals surface area contributed by atoms with E-state index in [4.69, 9.17) is 5.73 Å². The summed E-state index contributed by atoms with van der Waals surface area (Å²) in [5.74, 6) is 0. The lowest BCUT2D eigenvalue weighted by Gasteiger charge is -2.23. The summed E-state index contributed by atoms with van der Waals surface area (Å²) < 4.78 is 0. The van der Waals surface area contributed by atoms with Gasteiger partial charge >= 0.3 is 0 Å². The van der Waals surface area contributed by atoms with Crippen LogP contribution in [0.3, 0.4) is 0 Å². The molecule has 0 radical (unpaired) electrons. The molecule has 0 aromatic rings. The van der Waals surface area contributed by atoms with Gasteiger partial charge in [0.05, 0.1) is 0 Å². The van der Waals surface area contributed by atoms with E-state index in [0.717, 1.165) is 5.57 Å². The van der Waals surface area contributed by atoms with Gasteiger partial charge in [0.25, 0.3) is 0 Å². The van der Waals surface area contributed by atoms with Gasteiger partial charge in [-0.15, -0.1) is 0 Å². The molecule has 13 heavy (non-hydrogen) atoms. The Labute approximate surface area is 83.0 Å². The summed E-state index contributed by atoms with van der Waals surface area (Å²) in [5, 5.41) is 0. The highest BCUT2D eigenvalue weighted by atomic mass is 14.6. The van der Waals surface area contributed by atoms with Crippen LogP contribution in [0.4, 0.5) is 0 Å². The maximum atomic E-state index is 5.59. The van der Waals surface area contributed by atoms with E-state index in [1.807, 2.05) is 26.0 Å². The van der Waals surface area contributed by atoms with Crippen molar-refractivity contribution < 1.29 is 0 Å². The van der Waals surface area contributed by atoms with Crippen molar-refractivity contribution in [2.75, 3.05) is 6.54 Å². The van der Waals surface area contributed by atoms with Gasteiger partial charge in [-0.25, -0.2) is 0 Å². The zero-order valence-electron chi connectivity index (χ0n) is 9.43. The molecule has 0 heterocycles. The molecule has 0 aromatic heterocycles. The topological polar surface area (TPSA) is 26.0 Å². The average Bonchev–Trinajstić information content (AvgIpc) is 2.17. The summed E-state index contributed by atoms with van der Waals surface area (Å²) in [6.45, 7) is 16.2. The zero-order valence-corrected chi connectivity index (χ0v) is 9.43. The molecule has 1 nitrogen and oxygen atoms in total. The van der Waals surface area contributed by atoms with Gasteiger partial charge in [-0.3, -0.25) is 0 Å². The van der Waals surface area contributed by atoms with Crippen molar-refractivity contribution in [3.63, 3.8) is 0 Å². The van der Waals surface area contributed by atoms with Gasteiger partial charge in [0.2, 0.25) is 0 Å². The fourth-order valence-corrected chi connectivity index (χ4v) is 0.815. The highest BCUT2D eigenvalue weighted by Gasteiger charge is 2.17. The van der Waals surface area contributed by atoms with Crippen molar-refractivity contribution in [1.82, 2.24) is 0 Å². The minimum absolute atomic E-state index is 0.00986. The van der Waals surface area contributed by atoms with Crippen LogP contribution in [-0.2, 0) is 0 Å². The lowest BCUT2D eigenvalue weighted by molar-refractivity contribution is 0.472. The van der Waals surface area contributed by atoms with E-state index < -0.39 is 0 Å². The molecule has 0 aromatic carbocycles. The monoisotopic (exact) mass is 181 g/mol. The molecule has 1 heteroatoms. The van der Waals surface area contributed by atoms with Crippen LogP contribution in [0.15, 0.2) is 37.0 Å². The van der Waals surface area contributed by atoms with E-state index in [1.54, 1.807) is 6.08 Å². The molecule has 0 fully saturated rings. The first-order chi connectivity index (χ1) is 6.08. The van der Waals surface area contributed by atoms with Crippen molar-refractivity contribution in [2.45, 2.75) is 27.7 Å². The molecule has 0 amide bonds. The molecular weight excluding hydrogens is 158 g/mol. The Morgan fingerprint density at radius 3 is 2.00 bits per heavy atom. The number of nitrogens with two attached hydrogens (primary N) is 1. The normalized spacial score (nSPS) is 11.3. The van der Waals surface area contributed by atoms with Crippen molar-refractivity contribution in [3.8, 4) is 0 Å². The number of hydrogen-bond donors (Lipinski definition) is 1. The Kier molecular flexibility index (Phi) is 8.83.